The van der Waals surface area contributed by atoms with Crippen LogP contribution in [0.3, 0.4) is 0 Å². The van der Waals surface area contributed by atoms with E-state index in [4.69, 9.17) is 10.9 Å². The summed E-state index contributed by atoms with van der Waals surface area (Å²) in [6, 6.07) is 1.30. The molecule has 0 aliphatic heterocycles. The molecule has 1 fully saturated rings. The maximum Gasteiger partial charge on any atom is 0.288 e. The second-order valence-electron chi connectivity index (χ2n) is 5.20. The van der Waals surface area contributed by atoms with E-state index in [1.54, 1.807) is 0 Å². The van der Waals surface area contributed by atoms with Crippen LogP contribution in [-0.4, -0.2) is 34.0 Å². The molecule has 0 unspecified atom stereocenters. The highest BCUT2D eigenvalue weighted by Crippen LogP contribution is 2.32. The molecule has 8 nitrogen and oxygen atoms in total. The quantitative estimate of drug-likeness (QED) is 0.260. The molecule has 1 aliphatic rings. The molecule has 2 rings (SSSR count). The van der Waals surface area contributed by atoms with Gasteiger partial charge in [-0.1, -0.05) is 12.1 Å². The first-order valence-corrected chi connectivity index (χ1v) is 6.94. The summed E-state index contributed by atoms with van der Waals surface area (Å²) in [5.41, 5.74) is 5.77. The van der Waals surface area contributed by atoms with Gasteiger partial charge in [-0.2, -0.15) is 0 Å². The molecule has 114 valence electrons. The summed E-state index contributed by atoms with van der Waals surface area (Å²) in [5, 5.41) is 22.7. The molecule has 1 aliphatic carbocycles. The molecule has 0 radical (unpaired) electrons. The van der Waals surface area contributed by atoms with Gasteiger partial charge in [0.15, 0.2) is 5.84 Å². The lowest BCUT2D eigenvalue weighted by atomic mass is 10.2. The van der Waals surface area contributed by atoms with Crippen LogP contribution in [0.4, 0.5) is 11.5 Å². The second kappa shape index (κ2) is 6.38. The predicted molar refractivity (Wildman–Crippen MR) is 78.6 cm³/mol. The fraction of sp³-hybridized carbons (Fsp3) is 0.538. The van der Waals surface area contributed by atoms with E-state index in [0.717, 1.165) is 19.5 Å². The molecule has 0 spiro atoms. The Labute approximate surface area is 122 Å². The Kier molecular flexibility index (Phi) is 4.56. The Balaban J connectivity index is 2.40. The van der Waals surface area contributed by atoms with Gasteiger partial charge in [-0.05, 0) is 25.2 Å². The molecule has 3 N–H and O–H groups in total. The van der Waals surface area contributed by atoms with Gasteiger partial charge in [-0.3, -0.25) is 10.1 Å². The van der Waals surface area contributed by atoms with Crippen LogP contribution in [0, 0.1) is 16.0 Å². The lowest BCUT2D eigenvalue weighted by Gasteiger charge is -2.25. The Bertz CT molecular complexity index is 557. The van der Waals surface area contributed by atoms with Gasteiger partial charge in [0.25, 0.3) is 5.69 Å². The Morgan fingerprint density at radius 2 is 2.38 bits per heavy atom. The molecule has 1 saturated carbocycles. The van der Waals surface area contributed by atoms with Crippen molar-refractivity contribution < 1.29 is 10.1 Å². The summed E-state index contributed by atoms with van der Waals surface area (Å²) in [6.45, 7) is 3.66. The van der Waals surface area contributed by atoms with Crippen LogP contribution in [0.5, 0.6) is 0 Å². The topological polar surface area (TPSA) is 118 Å². The minimum Gasteiger partial charge on any atom is -0.409 e. The Hall–Kier alpha value is -2.38. The number of rotatable bonds is 7. The van der Waals surface area contributed by atoms with E-state index < -0.39 is 4.92 Å². The van der Waals surface area contributed by atoms with E-state index in [9.17, 15) is 10.1 Å². The van der Waals surface area contributed by atoms with Gasteiger partial charge in [-0.15, -0.1) is 0 Å². The predicted octanol–water partition coefficient (Wildman–Crippen LogP) is 1.71. The van der Waals surface area contributed by atoms with Crippen LogP contribution in [0.15, 0.2) is 17.4 Å². The molecular weight excluding hydrogens is 274 g/mol. The summed E-state index contributed by atoms with van der Waals surface area (Å²) in [6.07, 6.45) is 4.50. The largest absolute Gasteiger partial charge is 0.409 e. The van der Waals surface area contributed by atoms with Crippen molar-refractivity contribution in [1.29, 1.82) is 0 Å². The number of amidine groups is 1. The van der Waals surface area contributed by atoms with Crippen molar-refractivity contribution in [2.75, 3.05) is 18.0 Å². The number of nitrogens with two attached hydrogens (primary N) is 1. The molecule has 8 heteroatoms. The van der Waals surface area contributed by atoms with Crippen molar-refractivity contribution in [1.82, 2.24) is 4.98 Å². The number of hydrogen-bond donors (Lipinski definition) is 2. The second-order valence-corrected chi connectivity index (χ2v) is 5.20. The highest BCUT2D eigenvalue weighted by atomic mass is 16.6. The van der Waals surface area contributed by atoms with Crippen LogP contribution < -0.4 is 10.6 Å². The minimum absolute atomic E-state index is 0.168. The van der Waals surface area contributed by atoms with Crippen molar-refractivity contribution in [2.45, 2.75) is 26.2 Å². The SMILES string of the molecule is CCCN(CC1CC1)c1ncc([N+](=O)[O-])cc1C(N)=NO. The average Bonchev–Trinajstić information content (AvgIpc) is 3.29. The molecule has 21 heavy (non-hydrogen) atoms. The zero-order valence-electron chi connectivity index (χ0n) is 11.9. The third kappa shape index (κ3) is 3.59. The van der Waals surface area contributed by atoms with Crippen molar-refractivity contribution in [2.24, 2.45) is 16.8 Å². The first-order valence-electron chi connectivity index (χ1n) is 6.94. The fourth-order valence-electron chi connectivity index (χ4n) is 2.21. The van der Waals surface area contributed by atoms with Crippen molar-refractivity contribution in [3.8, 4) is 0 Å². The molecule has 0 amide bonds. The smallest absolute Gasteiger partial charge is 0.288 e. The summed E-state index contributed by atoms with van der Waals surface area (Å²) in [5.74, 6) is 0.997. The zero-order valence-corrected chi connectivity index (χ0v) is 11.9. The summed E-state index contributed by atoms with van der Waals surface area (Å²) >= 11 is 0. The van der Waals surface area contributed by atoms with Crippen LogP contribution >= 0.6 is 0 Å². The van der Waals surface area contributed by atoms with E-state index >= 15 is 0 Å². The van der Waals surface area contributed by atoms with Crippen LogP contribution in [0.1, 0.15) is 31.7 Å². The third-order valence-corrected chi connectivity index (χ3v) is 3.42. The molecular formula is C13H19N5O3. The standard InChI is InChI=1S/C13H19N5O3/c1-2-5-17(8-9-3-4-9)13-11(12(14)16-19)6-10(7-15-13)18(20)21/h6-7,9,19H,2-5,8H2,1H3,(H2,14,16). The average molecular weight is 293 g/mol. The monoisotopic (exact) mass is 293 g/mol. The molecule has 0 saturated heterocycles. The number of oxime groups is 1. The highest BCUT2D eigenvalue weighted by molar-refractivity contribution is 6.01. The van der Waals surface area contributed by atoms with Crippen molar-refractivity contribution in [3.05, 3.63) is 27.9 Å². The summed E-state index contributed by atoms with van der Waals surface area (Å²) in [4.78, 5) is 16.6. The van der Waals surface area contributed by atoms with Gasteiger partial charge in [0.1, 0.15) is 12.0 Å². The van der Waals surface area contributed by atoms with Gasteiger partial charge in [0.05, 0.1) is 10.5 Å². The van der Waals surface area contributed by atoms with Crippen LogP contribution in [-0.2, 0) is 0 Å². The molecule has 1 heterocycles. The lowest BCUT2D eigenvalue weighted by molar-refractivity contribution is -0.385. The van der Waals surface area contributed by atoms with Gasteiger partial charge in [0.2, 0.25) is 0 Å². The molecule has 1 aromatic rings. The number of nitro groups is 1. The zero-order chi connectivity index (χ0) is 15.4. The molecule has 0 atom stereocenters. The summed E-state index contributed by atoms with van der Waals surface area (Å²) in [7, 11) is 0. The Morgan fingerprint density at radius 1 is 1.67 bits per heavy atom. The van der Waals surface area contributed by atoms with E-state index in [2.05, 4.69) is 22.0 Å². The minimum atomic E-state index is -0.546. The Morgan fingerprint density at radius 3 is 2.90 bits per heavy atom. The molecule has 0 aromatic carbocycles. The van der Waals surface area contributed by atoms with E-state index in [1.165, 1.54) is 25.1 Å². The van der Waals surface area contributed by atoms with E-state index in [0.29, 0.717) is 17.3 Å². The number of nitrogens with zero attached hydrogens (tertiary/aromatic N) is 4. The fourth-order valence-corrected chi connectivity index (χ4v) is 2.21. The number of pyridine rings is 1. The third-order valence-electron chi connectivity index (χ3n) is 3.42. The van der Waals surface area contributed by atoms with E-state index in [1.807, 2.05) is 0 Å². The van der Waals surface area contributed by atoms with Crippen LogP contribution in [0.2, 0.25) is 0 Å². The summed E-state index contributed by atoms with van der Waals surface area (Å²) < 4.78 is 0. The van der Waals surface area contributed by atoms with Gasteiger partial charge >= 0.3 is 0 Å². The first-order chi connectivity index (χ1) is 10.1. The maximum atomic E-state index is 10.9. The van der Waals surface area contributed by atoms with E-state index in [-0.39, 0.29) is 11.5 Å². The number of hydrogen-bond acceptors (Lipinski definition) is 6. The maximum absolute atomic E-state index is 10.9. The number of aromatic nitrogens is 1. The molecule has 0 bridgehead atoms. The van der Waals surface area contributed by atoms with Crippen molar-refractivity contribution >= 4 is 17.3 Å². The van der Waals surface area contributed by atoms with Gasteiger partial charge in [0, 0.05) is 19.2 Å². The van der Waals surface area contributed by atoms with Gasteiger partial charge < -0.3 is 15.8 Å². The van der Waals surface area contributed by atoms with Crippen molar-refractivity contribution in [3.63, 3.8) is 0 Å². The highest BCUT2D eigenvalue weighted by Gasteiger charge is 2.27. The molecule has 1 aromatic heterocycles. The van der Waals surface area contributed by atoms with Crippen LogP contribution in [0.25, 0.3) is 0 Å². The van der Waals surface area contributed by atoms with Gasteiger partial charge in [-0.25, -0.2) is 4.98 Å². The number of anilines is 1. The normalized spacial score (nSPS) is 15.0. The lowest BCUT2D eigenvalue weighted by Crippen LogP contribution is -2.30. The first kappa shape index (κ1) is 15.0.